The van der Waals surface area contributed by atoms with Crippen molar-refractivity contribution in [1.29, 1.82) is 0 Å². The molecule has 0 spiro atoms. The summed E-state index contributed by atoms with van der Waals surface area (Å²) in [5.74, 6) is 0.330. The largest absolute Gasteiger partial charge is 0.465 e. The lowest BCUT2D eigenvalue weighted by Gasteiger charge is -2.03. The first-order valence-electron chi connectivity index (χ1n) is 5.08. The summed E-state index contributed by atoms with van der Waals surface area (Å²) < 4.78 is 0. The minimum absolute atomic E-state index is 0.330. The van der Waals surface area contributed by atoms with E-state index in [-0.39, 0.29) is 0 Å². The Morgan fingerprint density at radius 2 is 1.94 bits per heavy atom. The Balaban J connectivity index is 2.06. The summed E-state index contributed by atoms with van der Waals surface area (Å²) in [5.41, 5.74) is 2.16. The Bertz CT molecular complexity index is 497. The molecule has 0 saturated carbocycles. The summed E-state index contributed by atoms with van der Waals surface area (Å²) in [7, 11) is 0. The average Bonchev–Trinajstić information content (AvgIpc) is 2.32. The Labute approximate surface area is 98.2 Å². The van der Waals surface area contributed by atoms with Crippen molar-refractivity contribution in [2.75, 3.05) is 5.32 Å². The molecule has 0 aliphatic carbocycles. The number of nitrogens with zero attached hydrogens (tertiary/aromatic N) is 2. The second-order valence-electron chi connectivity index (χ2n) is 3.51. The van der Waals surface area contributed by atoms with Crippen LogP contribution in [0.25, 0.3) is 0 Å². The molecule has 0 radical (unpaired) electrons. The molecule has 2 aromatic heterocycles. The summed E-state index contributed by atoms with van der Waals surface area (Å²) in [6.07, 6.45) is 4.78. The molecule has 0 unspecified atom stereocenters. The number of hydrogen-bond acceptors (Lipinski definition) is 3. The van der Waals surface area contributed by atoms with Gasteiger partial charge in [-0.15, -0.1) is 0 Å². The van der Waals surface area contributed by atoms with Gasteiger partial charge >= 0.3 is 6.09 Å². The molecule has 0 fully saturated rings. The minimum atomic E-state index is -1.11. The first-order chi connectivity index (χ1) is 8.24. The molecule has 86 valence electrons. The van der Waals surface area contributed by atoms with Crippen LogP contribution in [-0.2, 0) is 6.42 Å². The molecule has 0 bridgehead atoms. The molecule has 2 N–H and O–H groups in total. The second kappa shape index (κ2) is 5.07. The Morgan fingerprint density at radius 3 is 2.53 bits per heavy atom. The van der Waals surface area contributed by atoms with Crippen LogP contribution in [0.3, 0.4) is 0 Å². The molecule has 2 rings (SSSR count). The number of amides is 1. The van der Waals surface area contributed by atoms with E-state index in [1.54, 1.807) is 24.7 Å². The second-order valence-corrected chi connectivity index (χ2v) is 3.51. The number of carboxylic acid groups (broad SMARTS) is 1. The molecule has 17 heavy (non-hydrogen) atoms. The van der Waals surface area contributed by atoms with Crippen molar-refractivity contribution in [1.82, 2.24) is 9.97 Å². The monoisotopic (exact) mass is 229 g/mol. The fourth-order valence-corrected chi connectivity index (χ4v) is 1.45. The Morgan fingerprint density at radius 1 is 1.18 bits per heavy atom. The van der Waals surface area contributed by atoms with Gasteiger partial charge in [0.2, 0.25) is 0 Å². The van der Waals surface area contributed by atoms with Gasteiger partial charge in [-0.05, 0) is 35.7 Å². The minimum Gasteiger partial charge on any atom is -0.465 e. The molecular formula is C12H11N3O2. The number of carbonyl (C=O) groups is 1. The summed E-state index contributed by atoms with van der Waals surface area (Å²) in [6.45, 7) is 0. The summed E-state index contributed by atoms with van der Waals surface area (Å²) in [6, 6.07) is 7.36. The van der Waals surface area contributed by atoms with Gasteiger partial charge in [-0.2, -0.15) is 0 Å². The standard InChI is InChI=1S/C12H11N3O2/c16-12(17)15-11-2-1-10(8-14-11)7-9-3-5-13-6-4-9/h1-6,8H,7H2,(H,14,15)(H,16,17). The fraction of sp³-hybridized carbons (Fsp3) is 0.0833. The third-order valence-corrected chi connectivity index (χ3v) is 2.22. The molecule has 0 aliphatic rings. The molecule has 0 saturated heterocycles. The third kappa shape index (κ3) is 3.27. The van der Waals surface area contributed by atoms with Crippen LogP contribution in [0.1, 0.15) is 11.1 Å². The van der Waals surface area contributed by atoms with Crippen LogP contribution >= 0.6 is 0 Å². The van der Waals surface area contributed by atoms with Crippen molar-refractivity contribution in [2.24, 2.45) is 0 Å². The Kier molecular flexibility index (Phi) is 3.30. The van der Waals surface area contributed by atoms with Gasteiger partial charge in [-0.1, -0.05) is 6.07 Å². The van der Waals surface area contributed by atoms with Crippen molar-refractivity contribution in [3.63, 3.8) is 0 Å². The van der Waals surface area contributed by atoms with Gasteiger partial charge in [0, 0.05) is 18.6 Å². The molecule has 5 heteroatoms. The third-order valence-electron chi connectivity index (χ3n) is 2.22. The number of pyridine rings is 2. The summed E-state index contributed by atoms with van der Waals surface area (Å²) in [4.78, 5) is 18.3. The normalized spacial score (nSPS) is 9.88. The summed E-state index contributed by atoms with van der Waals surface area (Å²) >= 11 is 0. The van der Waals surface area contributed by atoms with Crippen LogP contribution in [0.15, 0.2) is 42.9 Å². The maximum Gasteiger partial charge on any atom is 0.410 e. The topological polar surface area (TPSA) is 75.1 Å². The highest BCUT2D eigenvalue weighted by molar-refractivity contribution is 5.81. The SMILES string of the molecule is O=C(O)Nc1ccc(Cc2ccncc2)cn1. The van der Waals surface area contributed by atoms with E-state index >= 15 is 0 Å². The lowest BCUT2D eigenvalue weighted by atomic mass is 10.1. The van der Waals surface area contributed by atoms with E-state index in [0.717, 1.165) is 17.5 Å². The van der Waals surface area contributed by atoms with Gasteiger partial charge in [0.1, 0.15) is 5.82 Å². The zero-order valence-electron chi connectivity index (χ0n) is 9.00. The molecule has 0 aromatic carbocycles. The van der Waals surface area contributed by atoms with E-state index in [9.17, 15) is 4.79 Å². The number of rotatable bonds is 3. The highest BCUT2D eigenvalue weighted by Gasteiger charge is 2.00. The van der Waals surface area contributed by atoms with Gasteiger partial charge in [-0.25, -0.2) is 9.78 Å². The summed E-state index contributed by atoms with van der Waals surface area (Å²) in [5, 5.41) is 10.7. The molecule has 2 heterocycles. The van der Waals surface area contributed by atoms with Gasteiger partial charge < -0.3 is 5.11 Å². The average molecular weight is 229 g/mol. The van der Waals surface area contributed by atoms with Crippen LogP contribution in [0, 0.1) is 0 Å². The lowest BCUT2D eigenvalue weighted by Crippen LogP contribution is -2.08. The van der Waals surface area contributed by atoms with Crippen LogP contribution in [0.2, 0.25) is 0 Å². The smallest absolute Gasteiger partial charge is 0.410 e. The molecule has 1 amide bonds. The number of aromatic nitrogens is 2. The molecule has 0 aliphatic heterocycles. The van der Waals surface area contributed by atoms with Gasteiger partial charge in [-0.3, -0.25) is 10.3 Å². The number of anilines is 1. The maximum atomic E-state index is 10.4. The van der Waals surface area contributed by atoms with Crippen molar-refractivity contribution in [3.05, 3.63) is 54.0 Å². The van der Waals surface area contributed by atoms with E-state index in [0.29, 0.717) is 5.82 Å². The van der Waals surface area contributed by atoms with Crippen LogP contribution in [-0.4, -0.2) is 21.2 Å². The number of nitrogens with one attached hydrogen (secondary N) is 1. The first-order valence-corrected chi connectivity index (χ1v) is 5.08. The van der Waals surface area contributed by atoms with E-state index in [4.69, 9.17) is 5.11 Å². The molecular weight excluding hydrogens is 218 g/mol. The van der Waals surface area contributed by atoms with E-state index in [2.05, 4.69) is 15.3 Å². The zero-order valence-corrected chi connectivity index (χ0v) is 9.00. The van der Waals surface area contributed by atoms with E-state index in [1.807, 2.05) is 18.2 Å². The van der Waals surface area contributed by atoms with Crippen LogP contribution in [0.4, 0.5) is 10.6 Å². The van der Waals surface area contributed by atoms with Crippen molar-refractivity contribution >= 4 is 11.9 Å². The van der Waals surface area contributed by atoms with Crippen molar-refractivity contribution in [3.8, 4) is 0 Å². The number of hydrogen-bond donors (Lipinski definition) is 2. The lowest BCUT2D eigenvalue weighted by molar-refractivity contribution is 0.209. The van der Waals surface area contributed by atoms with E-state index < -0.39 is 6.09 Å². The van der Waals surface area contributed by atoms with Crippen molar-refractivity contribution < 1.29 is 9.90 Å². The predicted molar refractivity (Wildman–Crippen MR) is 62.9 cm³/mol. The van der Waals surface area contributed by atoms with E-state index in [1.165, 1.54) is 0 Å². The first kappa shape index (κ1) is 11.1. The predicted octanol–water partition coefficient (Wildman–Crippen LogP) is 2.16. The molecule has 5 nitrogen and oxygen atoms in total. The van der Waals surface area contributed by atoms with Gasteiger partial charge in [0.15, 0.2) is 0 Å². The highest BCUT2D eigenvalue weighted by Crippen LogP contribution is 2.10. The van der Waals surface area contributed by atoms with Gasteiger partial charge in [0.25, 0.3) is 0 Å². The fourth-order valence-electron chi connectivity index (χ4n) is 1.45. The van der Waals surface area contributed by atoms with Crippen LogP contribution in [0.5, 0.6) is 0 Å². The van der Waals surface area contributed by atoms with Crippen LogP contribution < -0.4 is 5.32 Å². The highest BCUT2D eigenvalue weighted by atomic mass is 16.4. The maximum absolute atomic E-state index is 10.4. The van der Waals surface area contributed by atoms with Crippen molar-refractivity contribution in [2.45, 2.75) is 6.42 Å². The molecule has 0 atom stereocenters. The van der Waals surface area contributed by atoms with Gasteiger partial charge in [0.05, 0.1) is 0 Å². The molecule has 2 aromatic rings. The Hall–Kier alpha value is -2.43. The quantitative estimate of drug-likeness (QED) is 0.845. The zero-order chi connectivity index (χ0) is 12.1.